The van der Waals surface area contributed by atoms with Crippen LogP contribution in [0.4, 0.5) is 5.69 Å². The van der Waals surface area contributed by atoms with Gasteiger partial charge >= 0.3 is 0 Å². The summed E-state index contributed by atoms with van der Waals surface area (Å²) < 4.78 is 0. The molecule has 29 heavy (non-hydrogen) atoms. The minimum Gasteiger partial charge on any atom is -0.370 e. The highest BCUT2D eigenvalue weighted by Crippen LogP contribution is 2.26. The summed E-state index contributed by atoms with van der Waals surface area (Å²) in [7, 11) is 0. The molecule has 0 unspecified atom stereocenters. The molecule has 0 saturated heterocycles. The third-order valence-electron chi connectivity index (χ3n) is 4.26. The molecular formula is C20H23ClN6O2. The van der Waals surface area contributed by atoms with Gasteiger partial charge in [0, 0.05) is 29.6 Å². The van der Waals surface area contributed by atoms with Crippen molar-refractivity contribution in [3.05, 3.63) is 58.9 Å². The molecule has 152 valence electrons. The van der Waals surface area contributed by atoms with Gasteiger partial charge in [0.15, 0.2) is 5.96 Å². The zero-order valence-electron chi connectivity index (χ0n) is 15.7. The molecule has 2 aromatic carbocycles. The van der Waals surface area contributed by atoms with E-state index >= 15 is 0 Å². The van der Waals surface area contributed by atoms with E-state index in [9.17, 15) is 9.59 Å². The van der Waals surface area contributed by atoms with Gasteiger partial charge in [-0.05, 0) is 31.0 Å². The number of carbonyl (C=O) groups excluding carboxylic acids is 1. The molecule has 9 heteroatoms. The number of rotatable bonds is 7. The van der Waals surface area contributed by atoms with Crippen LogP contribution in [-0.2, 0) is 4.79 Å². The van der Waals surface area contributed by atoms with Crippen molar-refractivity contribution >= 4 is 40.7 Å². The standard InChI is InChI=1S/C20H22N6O2.ClH/c21-20(22)23-11-4-3-10-17(27)24-14-7-5-6-13(12-14)18-15-8-1-2-9-16(15)19(28)26-25-18;/h1-2,5-9,12H,3-4,10-11H2,(H,24,27)(H,26,28)(H4,21,22,23);1H. The van der Waals surface area contributed by atoms with Crippen LogP contribution < -0.4 is 21.9 Å². The van der Waals surface area contributed by atoms with E-state index in [0.29, 0.717) is 36.2 Å². The Labute approximate surface area is 173 Å². The number of benzene rings is 2. The van der Waals surface area contributed by atoms with Gasteiger partial charge in [-0.25, -0.2) is 5.10 Å². The SMILES string of the molecule is Cl.N=C(N)NCCCCC(=O)Nc1cccc(-c2n[nH]c(=O)c3ccccc23)c1. The molecule has 1 aromatic heterocycles. The van der Waals surface area contributed by atoms with Crippen LogP contribution in [-0.4, -0.2) is 28.6 Å². The Kier molecular flexibility index (Phi) is 7.73. The Hall–Kier alpha value is -3.39. The van der Waals surface area contributed by atoms with E-state index in [1.54, 1.807) is 6.07 Å². The Morgan fingerprint density at radius 2 is 1.86 bits per heavy atom. The van der Waals surface area contributed by atoms with Gasteiger partial charge in [0.2, 0.25) is 5.91 Å². The molecule has 1 amide bonds. The first kappa shape index (κ1) is 21.9. The lowest BCUT2D eigenvalue weighted by Gasteiger charge is -2.09. The van der Waals surface area contributed by atoms with Gasteiger partial charge < -0.3 is 16.4 Å². The van der Waals surface area contributed by atoms with Crippen molar-refractivity contribution in [2.75, 3.05) is 11.9 Å². The van der Waals surface area contributed by atoms with Gasteiger partial charge in [0.05, 0.1) is 11.1 Å². The fourth-order valence-electron chi connectivity index (χ4n) is 2.94. The maximum absolute atomic E-state index is 12.2. The average Bonchev–Trinajstić information content (AvgIpc) is 2.68. The van der Waals surface area contributed by atoms with E-state index in [2.05, 4.69) is 20.8 Å². The number of nitrogens with one attached hydrogen (secondary N) is 4. The Bertz CT molecular complexity index is 1070. The number of carbonyl (C=O) groups is 1. The van der Waals surface area contributed by atoms with Crippen molar-refractivity contribution in [1.29, 1.82) is 5.41 Å². The molecule has 8 nitrogen and oxygen atoms in total. The highest BCUT2D eigenvalue weighted by Gasteiger charge is 2.10. The lowest BCUT2D eigenvalue weighted by atomic mass is 10.0. The maximum Gasteiger partial charge on any atom is 0.272 e. The zero-order chi connectivity index (χ0) is 19.9. The monoisotopic (exact) mass is 414 g/mol. The molecule has 6 N–H and O–H groups in total. The molecule has 0 bridgehead atoms. The number of hydrogen-bond acceptors (Lipinski definition) is 4. The highest BCUT2D eigenvalue weighted by atomic mass is 35.5. The van der Waals surface area contributed by atoms with Crippen LogP contribution in [0.25, 0.3) is 22.0 Å². The number of halogens is 1. The number of aromatic amines is 1. The van der Waals surface area contributed by atoms with E-state index in [0.717, 1.165) is 17.4 Å². The van der Waals surface area contributed by atoms with Crippen molar-refractivity contribution in [1.82, 2.24) is 15.5 Å². The fraction of sp³-hybridized carbons (Fsp3) is 0.200. The normalized spacial score (nSPS) is 10.2. The summed E-state index contributed by atoms with van der Waals surface area (Å²) in [4.78, 5) is 24.1. The van der Waals surface area contributed by atoms with Crippen LogP contribution in [0, 0.1) is 5.41 Å². The van der Waals surface area contributed by atoms with Gasteiger partial charge in [-0.3, -0.25) is 15.0 Å². The molecule has 0 aliphatic carbocycles. The first-order chi connectivity index (χ1) is 13.5. The molecule has 0 aliphatic rings. The Morgan fingerprint density at radius 1 is 1.10 bits per heavy atom. The van der Waals surface area contributed by atoms with Gasteiger partial charge in [-0.1, -0.05) is 30.3 Å². The minimum atomic E-state index is -0.233. The zero-order valence-corrected chi connectivity index (χ0v) is 16.5. The fourth-order valence-corrected chi connectivity index (χ4v) is 2.94. The van der Waals surface area contributed by atoms with Crippen LogP contribution in [0.3, 0.4) is 0 Å². The van der Waals surface area contributed by atoms with Crippen LogP contribution in [0.5, 0.6) is 0 Å². The summed E-state index contributed by atoms with van der Waals surface area (Å²) in [6.45, 7) is 0.572. The van der Waals surface area contributed by atoms with E-state index in [1.165, 1.54) is 0 Å². The Morgan fingerprint density at radius 3 is 2.62 bits per heavy atom. The molecule has 0 fully saturated rings. The predicted molar refractivity (Wildman–Crippen MR) is 117 cm³/mol. The van der Waals surface area contributed by atoms with Crippen LogP contribution in [0.15, 0.2) is 53.3 Å². The first-order valence-corrected chi connectivity index (χ1v) is 9.00. The topological polar surface area (TPSA) is 137 Å². The van der Waals surface area contributed by atoms with E-state index in [4.69, 9.17) is 11.1 Å². The van der Waals surface area contributed by atoms with Crippen LogP contribution in [0.1, 0.15) is 19.3 Å². The van der Waals surface area contributed by atoms with Gasteiger partial charge in [-0.2, -0.15) is 5.10 Å². The third-order valence-corrected chi connectivity index (χ3v) is 4.26. The number of amides is 1. The van der Waals surface area contributed by atoms with Crippen LogP contribution >= 0.6 is 12.4 Å². The maximum atomic E-state index is 12.2. The second kappa shape index (κ2) is 10.2. The summed E-state index contributed by atoms with van der Waals surface area (Å²) in [6, 6.07) is 14.6. The predicted octanol–water partition coefficient (Wildman–Crippen LogP) is 2.60. The van der Waals surface area contributed by atoms with Crippen LogP contribution in [0.2, 0.25) is 0 Å². The lowest BCUT2D eigenvalue weighted by molar-refractivity contribution is -0.116. The number of nitrogens with two attached hydrogens (primary N) is 1. The minimum absolute atomic E-state index is 0. The average molecular weight is 415 g/mol. The molecular weight excluding hydrogens is 392 g/mol. The number of nitrogens with zero attached hydrogens (tertiary/aromatic N) is 1. The van der Waals surface area contributed by atoms with E-state index in [1.807, 2.05) is 42.5 Å². The van der Waals surface area contributed by atoms with Crippen molar-refractivity contribution in [3.8, 4) is 11.3 Å². The molecule has 0 radical (unpaired) electrons. The number of hydrogen-bond donors (Lipinski definition) is 5. The quantitative estimate of drug-likeness (QED) is 0.230. The molecule has 0 atom stereocenters. The third kappa shape index (κ3) is 5.79. The number of guanidine groups is 1. The van der Waals surface area contributed by atoms with Crippen molar-refractivity contribution in [2.45, 2.75) is 19.3 Å². The van der Waals surface area contributed by atoms with Gasteiger partial charge in [0.1, 0.15) is 0 Å². The second-order valence-corrected chi connectivity index (χ2v) is 6.37. The molecule has 3 rings (SSSR count). The number of unbranched alkanes of at least 4 members (excludes halogenated alkanes) is 1. The molecule has 0 saturated carbocycles. The molecule has 3 aromatic rings. The summed E-state index contributed by atoms with van der Waals surface area (Å²) >= 11 is 0. The van der Waals surface area contributed by atoms with E-state index < -0.39 is 0 Å². The number of H-pyrrole nitrogens is 1. The van der Waals surface area contributed by atoms with Crippen molar-refractivity contribution in [2.24, 2.45) is 5.73 Å². The van der Waals surface area contributed by atoms with Gasteiger partial charge in [-0.15, -0.1) is 12.4 Å². The molecule has 1 heterocycles. The molecule has 0 aliphatic heterocycles. The second-order valence-electron chi connectivity index (χ2n) is 6.37. The number of anilines is 1. The summed E-state index contributed by atoms with van der Waals surface area (Å²) in [6.07, 6.45) is 1.82. The highest BCUT2D eigenvalue weighted by molar-refractivity contribution is 5.95. The van der Waals surface area contributed by atoms with E-state index in [-0.39, 0.29) is 29.8 Å². The first-order valence-electron chi connectivity index (χ1n) is 9.00. The summed E-state index contributed by atoms with van der Waals surface area (Å²) in [5, 5.41) is 20.7. The summed E-state index contributed by atoms with van der Waals surface area (Å²) in [5.74, 6) is -0.149. The van der Waals surface area contributed by atoms with Gasteiger partial charge in [0.25, 0.3) is 5.56 Å². The number of aromatic nitrogens is 2. The number of fused-ring (bicyclic) bond motifs is 1. The lowest BCUT2D eigenvalue weighted by Crippen LogP contribution is -2.30. The summed E-state index contributed by atoms with van der Waals surface area (Å²) in [5.41, 5.74) is 7.10. The largest absolute Gasteiger partial charge is 0.370 e. The van der Waals surface area contributed by atoms with Crippen molar-refractivity contribution in [3.63, 3.8) is 0 Å². The Balaban J connectivity index is 0.00000300. The van der Waals surface area contributed by atoms with Crippen molar-refractivity contribution < 1.29 is 4.79 Å². The smallest absolute Gasteiger partial charge is 0.272 e. The molecule has 0 spiro atoms.